The lowest BCUT2D eigenvalue weighted by Gasteiger charge is -2.37. The SMILES string of the molecule is O=C[C@@H]1[C@@H](CO)OC(N2CCC(O)NC2=O)[C@]1(O)F. The molecule has 2 saturated heterocycles. The summed E-state index contributed by atoms with van der Waals surface area (Å²) in [4.78, 5) is 23.3. The molecule has 0 bridgehead atoms. The third-order valence-electron chi connectivity index (χ3n) is 3.32. The minimum Gasteiger partial charge on any atom is -0.394 e. The number of rotatable bonds is 3. The van der Waals surface area contributed by atoms with Gasteiger partial charge in [0.1, 0.15) is 18.4 Å². The average molecular weight is 278 g/mol. The molecule has 19 heavy (non-hydrogen) atoms. The molecule has 0 saturated carbocycles. The second-order valence-corrected chi connectivity index (χ2v) is 4.55. The summed E-state index contributed by atoms with van der Waals surface area (Å²) < 4.78 is 19.3. The standard InChI is InChI=1S/C10H15FN2O6/c11-10(18)5(3-14)6(4-15)19-8(10)13-2-1-7(16)12-9(13)17/h3,5-8,15-16,18H,1-2,4H2,(H,12,17)/t5-,6-,7?,8?,10+/m1/s1. The summed E-state index contributed by atoms with van der Waals surface area (Å²) in [6.45, 7) is -0.710. The molecule has 2 amide bonds. The monoisotopic (exact) mass is 278 g/mol. The quantitative estimate of drug-likeness (QED) is 0.439. The van der Waals surface area contributed by atoms with Crippen LogP contribution in [0, 0.1) is 5.92 Å². The number of halogens is 1. The van der Waals surface area contributed by atoms with Crippen molar-refractivity contribution in [3.05, 3.63) is 0 Å². The molecule has 0 aromatic rings. The van der Waals surface area contributed by atoms with Crippen molar-refractivity contribution in [2.24, 2.45) is 5.92 Å². The molecule has 108 valence electrons. The first-order valence-electron chi connectivity index (χ1n) is 5.80. The van der Waals surface area contributed by atoms with Crippen molar-refractivity contribution in [1.29, 1.82) is 0 Å². The number of nitrogens with zero attached hydrogens (tertiary/aromatic N) is 1. The lowest BCUT2D eigenvalue weighted by Crippen LogP contribution is -2.60. The molecule has 0 aromatic heterocycles. The number of hydrogen-bond donors (Lipinski definition) is 4. The van der Waals surface area contributed by atoms with Gasteiger partial charge in [0.2, 0.25) is 0 Å². The van der Waals surface area contributed by atoms with Crippen molar-refractivity contribution in [3.63, 3.8) is 0 Å². The molecule has 2 fully saturated rings. The Bertz CT molecular complexity index is 379. The normalized spacial score (nSPS) is 43.2. The molecule has 8 nitrogen and oxygen atoms in total. The van der Waals surface area contributed by atoms with Gasteiger partial charge in [0.25, 0.3) is 5.85 Å². The fraction of sp³-hybridized carbons (Fsp3) is 0.800. The topological polar surface area (TPSA) is 119 Å². The van der Waals surface area contributed by atoms with Crippen LogP contribution in [0.3, 0.4) is 0 Å². The van der Waals surface area contributed by atoms with Gasteiger partial charge in [0.05, 0.1) is 12.7 Å². The van der Waals surface area contributed by atoms with Gasteiger partial charge in [-0.2, -0.15) is 0 Å². The molecule has 2 rings (SSSR count). The van der Waals surface area contributed by atoms with Gasteiger partial charge in [0, 0.05) is 13.0 Å². The molecule has 4 N–H and O–H groups in total. The van der Waals surface area contributed by atoms with Gasteiger partial charge in [0.15, 0.2) is 6.23 Å². The van der Waals surface area contributed by atoms with Gasteiger partial charge in [-0.15, -0.1) is 0 Å². The molecule has 2 heterocycles. The molecule has 0 aliphatic carbocycles. The number of urea groups is 1. The number of amides is 2. The third-order valence-corrected chi connectivity index (χ3v) is 3.32. The molecule has 0 radical (unpaired) electrons. The molecule has 0 aromatic carbocycles. The minimum atomic E-state index is -3.09. The first-order valence-corrected chi connectivity index (χ1v) is 5.80. The smallest absolute Gasteiger partial charge is 0.321 e. The van der Waals surface area contributed by atoms with Crippen molar-refractivity contribution < 1.29 is 34.0 Å². The van der Waals surface area contributed by atoms with Gasteiger partial charge in [-0.05, 0) is 0 Å². The van der Waals surface area contributed by atoms with Gasteiger partial charge < -0.3 is 30.2 Å². The highest BCUT2D eigenvalue weighted by Gasteiger charge is 2.60. The Morgan fingerprint density at radius 3 is 2.79 bits per heavy atom. The van der Waals surface area contributed by atoms with Crippen LogP contribution >= 0.6 is 0 Å². The summed E-state index contributed by atoms with van der Waals surface area (Å²) in [5, 5.41) is 30.1. The highest BCUT2D eigenvalue weighted by atomic mass is 19.2. The lowest BCUT2D eigenvalue weighted by molar-refractivity contribution is -0.195. The van der Waals surface area contributed by atoms with E-state index in [-0.39, 0.29) is 19.3 Å². The summed E-state index contributed by atoms with van der Waals surface area (Å²) in [6.07, 6.45) is -3.70. The Kier molecular flexibility index (Phi) is 3.72. The molecule has 5 atom stereocenters. The summed E-state index contributed by atoms with van der Waals surface area (Å²) in [6, 6.07) is -0.817. The fourth-order valence-electron chi connectivity index (χ4n) is 2.29. The molecule has 2 unspecified atom stereocenters. The predicted molar refractivity (Wildman–Crippen MR) is 57.2 cm³/mol. The van der Waals surface area contributed by atoms with Crippen LogP contribution < -0.4 is 5.32 Å². The van der Waals surface area contributed by atoms with E-state index in [0.29, 0.717) is 0 Å². The van der Waals surface area contributed by atoms with Crippen molar-refractivity contribution >= 4 is 12.3 Å². The van der Waals surface area contributed by atoms with Crippen molar-refractivity contribution in [2.45, 2.75) is 30.8 Å². The van der Waals surface area contributed by atoms with E-state index >= 15 is 0 Å². The first-order chi connectivity index (χ1) is 8.91. The van der Waals surface area contributed by atoms with E-state index in [4.69, 9.17) is 9.84 Å². The summed E-state index contributed by atoms with van der Waals surface area (Å²) in [5.74, 6) is -4.67. The Morgan fingerprint density at radius 2 is 2.32 bits per heavy atom. The number of hydrogen-bond acceptors (Lipinski definition) is 6. The zero-order valence-electron chi connectivity index (χ0n) is 9.90. The van der Waals surface area contributed by atoms with Crippen molar-refractivity contribution in [3.8, 4) is 0 Å². The van der Waals surface area contributed by atoms with Crippen LogP contribution in [-0.4, -0.2) is 70.1 Å². The van der Waals surface area contributed by atoms with Crippen LogP contribution in [-0.2, 0) is 9.53 Å². The maximum Gasteiger partial charge on any atom is 0.321 e. The lowest BCUT2D eigenvalue weighted by atomic mass is 9.97. The van der Waals surface area contributed by atoms with Crippen LogP contribution in [0.25, 0.3) is 0 Å². The average Bonchev–Trinajstić information content (AvgIpc) is 2.60. The molecular weight excluding hydrogens is 263 g/mol. The van der Waals surface area contributed by atoms with Crippen LogP contribution in [0.2, 0.25) is 0 Å². The van der Waals surface area contributed by atoms with Crippen molar-refractivity contribution in [1.82, 2.24) is 10.2 Å². The molecule has 2 aliphatic heterocycles. The zero-order chi connectivity index (χ0) is 14.2. The predicted octanol–water partition coefficient (Wildman–Crippen LogP) is -2.09. The van der Waals surface area contributed by atoms with E-state index < -0.39 is 43.0 Å². The number of alkyl halides is 1. The largest absolute Gasteiger partial charge is 0.394 e. The van der Waals surface area contributed by atoms with Gasteiger partial charge in [-0.25, -0.2) is 9.18 Å². The number of aliphatic hydroxyl groups is 3. The van der Waals surface area contributed by atoms with Gasteiger partial charge in [-0.3, -0.25) is 4.90 Å². The molecule has 0 spiro atoms. The molecule has 9 heteroatoms. The Balaban J connectivity index is 2.20. The highest BCUT2D eigenvalue weighted by molar-refractivity contribution is 5.75. The maximum absolute atomic E-state index is 14.2. The number of ether oxygens (including phenoxy) is 1. The van der Waals surface area contributed by atoms with E-state index in [1.807, 2.05) is 0 Å². The zero-order valence-corrected chi connectivity index (χ0v) is 9.90. The maximum atomic E-state index is 14.2. The Morgan fingerprint density at radius 1 is 1.63 bits per heavy atom. The van der Waals surface area contributed by atoms with E-state index in [2.05, 4.69) is 5.32 Å². The Labute approximate surface area is 107 Å². The second-order valence-electron chi connectivity index (χ2n) is 4.55. The van der Waals surface area contributed by atoms with Gasteiger partial charge in [-0.1, -0.05) is 0 Å². The number of nitrogens with one attached hydrogen (secondary N) is 1. The van der Waals surface area contributed by atoms with E-state index in [1.54, 1.807) is 0 Å². The van der Waals surface area contributed by atoms with Crippen LogP contribution in [0.5, 0.6) is 0 Å². The van der Waals surface area contributed by atoms with E-state index in [0.717, 1.165) is 4.90 Å². The number of carbonyl (C=O) groups is 2. The van der Waals surface area contributed by atoms with Gasteiger partial charge >= 0.3 is 6.03 Å². The van der Waals surface area contributed by atoms with E-state index in [1.165, 1.54) is 0 Å². The van der Waals surface area contributed by atoms with Crippen molar-refractivity contribution in [2.75, 3.05) is 13.2 Å². The number of aliphatic hydroxyl groups excluding tert-OH is 2. The van der Waals surface area contributed by atoms with Crippen LogP contribution in [0.15, 0.2) is 0 Å². The Hall–Kier alpha value is -1.29. The summed E-state index contributed by atoms with van der Waals surface area (Å²) >= 11 is 0. The van der Waals surface area contributed by atoms with Crippen LogP contribution in [0.1, 0.15) is 6.42 Å². The summed E-state index contributed by atoms with van der Waals surface area (Å²) in [7, 11) is 0. The second kappa shape index (κ2) is 5.00. The summed E-state index contributed by atoms with van der Waals surface area (Å²) in [5.41, 5.74) is 0. The number of carbonyl (C=O) groups excluding carboxylic acids is 2. The fourth-order valence-corrected chi connectivity index (χ4v) is 2.29. The third kappa shape index (κ3) is 2.29. The molecule has 2 aliphatic rings. The van der Waals surface area contributed by atoms with E-state index in [9.17, 15) is 24.2 Å². The first kappa shape index (κ1) is 14.1. The number of aldehydes is 1. The molecular formula is C10H15FN2O6. The highest BCUT2D eigenvalue weighted by Crippen LogP contribution is 2.38. The minimum absolute atomic E-state index is 0.0480. The van der Waals surface area contributed by atoms with Crippen LogP contribution in [0.4, 0.5) is 9.18 Å².